The molecule has 0 aliphatic rings. The lowest BCUT2D eigenvalue weighted by molar-refractivity contribution is 0.0600. The standard InChI is InChI=1S/C22H22N4O3/c1-4-15-8-5-6-11-18(15)25-20(27)19-12-14(2)23-22(26-19)24-17-10-7-9-16(13-17)21(28)29-3/h5-13H,4H2,1-3H3,(H,25,27)(H,23,24,26). The van der Waals surface area contributed by atoms with Crippen LogP contribution in [0.2, 0.25) is 0 Å². The molecule has 1 aromatic heterocycles. The number of hydrogen-bond donors (Lipinski definition) is 2. The van der Waals surface area contributed by atoms with Gasteiger partial charge in [0.1, 0.15) is 5.69 Å². The van der Waals surface area contributed by atoms with Crippen LogP contribution in [-0.4, -0.2) is 29.0 Å². The molecule has 0 atom stereocenters. The van der Waals surface area contributed by atoms with Gasteiger partial charge in [-0.1, -0.05) is 31.2 Å². The van der Waals surface area contributed by atoms with E-state index in [-0.39, 0.29) is 17.5 Å². The van der Waals surface area contributed by atoms with Crippen molar-refractivity contribution in [1.29, 1.82) is 0 Å². The molecule has 2 N–H and O–H groups in total. The maximum Gasteiger partial charge on any atom is 0.337 e. The molecule has 0 aliphatic heterocycles. The number of para-hydroxylation sites is 1. The Morgan fingerprint density at radius 2 is 1.83 bits per heavy atom. The number of ether oxygens (including phenoxy) is 1. The van der Waals surface area contributed by atoms with Gasteiger partial charge in [-0.05, 0) is 49.2 Å². The molecule has 0 bridgehead atoms. The predicted molar refractivity (Wildman–Crippen MR) is 112 cm³/mol. The number of amides is 1. The summed E-state index contributed by atoms with van der Waals surface area (Å²) in [7, 11) is 1.33. The molecule has 1 amide bonds. The van der Waals surface area contributed by atoms with Gasteiger partial charge in [0, 0.05) is 17.1 Å². The Kier molecular flexibility index (Phi) is 6.19. The van der Waals surface area contributed by atoms with E-state index >= 15 is 0 Å². The van der Waals surface area contributed by atoms with Crippen LogP contribution in [0.5, 0.6) is 0 Å². The molecule has 29 heavy (non-hydrogen) atoms. The Labute approximate surface area is 169 Å². The predicted octanol–water partition coefficient (Wildman–Crippen LogP) is 4.13. The Bertz CT molecular complexity index is 1050. The van der Waals surface area contributed by atoms with Gasteiger partial charge in [-0.3, -0.25) is 4.79 Å². The summed E-state index contributed by atoms with van der Waals surface area (Å²) in [6.07, 6.45) is 0.808. The second-order valence-electron chi connectivity index (χ2n) is 6.38. The van der Waals surface area contributed by atoms with Gasteiger partial charge >= 0.3 is 5.97 Å². The third-order valence-electron chi connectivity index (χ3n) is 4.27. The van der Waals surface area contributed by atoms with Gasteiger partial charge < -0.3 is 15.4 Å². The van der Waals surface area contributed by atoms with Crippen LogP contribution in [0.15, 0.2) is 54.6 Å². The van der Waals surface area contributed by atoms with Gasteiger partial charge in [0.25, 0.3) is 5.91 Å². The lowest BCUT2D eigenvalue weighted by Gasteiger charge is -2.11. The topological polar surface area (TPSA) is 93.2 Å². The number of benzene rings is 2. The Hall–Kier alpha value is -3.74. The van der Waals surface area contributed by atoms with Gasteiger partial charge in [0.15, 0.2) is 0 Å². The third-order valence-corrected chi connectivity index (χ3v) is 4.27. The van der Waals surface area contributed by atoms with Crippen molar-refractivity contribution >= 4 is 29.2 Å². The van der Waals surface area contributed by atoms with Crippen LogP contribution >= 0.6 is 0 Å². The summed E-state index contributed by atoms with van der Waals surface area (Å²) in [6.45, 7) is 3.82. The summed E-state index contributed by atoms with van der Waals surface area (Å²) in [5, 5.41) is 5.95. The molecule has 7 heteroatoms. The highest BCUT2D eigenvalue weighted by atomic mass is 16.5. The molecule has 0 unspecified atom stereocenters. The molecule has 0 radical (unpaired) electrons. The number of anilines is 3. The summed E-state index contributed by atoms with van der Waals surface area (Å²) in [5.41, 5.74) is 3.71. The van der Waals surface area contributed by atoms with Crippen molar-refractivity contribution in [2.45, 2.75) is 20.3 Å². The highest BCUT2D eigenvalue weighted by molar-refractivity contribution is 6.03. The Morgan fingerprint density at radius 3 is 2.59 bits per heavy atom. The van der Waals surface area contributed by atoms with Gasteiger partial charge in [-0.15, -0.1) is 0 Å². The molecule has 3 aromatic rings. The summed E-state index contributed by atoms with van der Waals surface area (Å²) in [5.74, 6) is -0.489. The van der Waals surface area contributed by atoms with Crippen molar-refractivity contribution in [1.82, 2.24) is 9.97 Å². The Morgan fingerprint density at radius 1 is 1.03 bits per heavy atom. The molecule has 2 aromatic carbocycles. The van der Waals surface area contributed by atoms with E-state index in [9.17, 15) is 9.59 Å². The second kappa shape index (κ2) is 8.97. The van der Waals surface area contributed by atoms with E-state index in [0.717, 1.165) is 17.7 Å². The minimum absolute atomic E-state index is 0.245. The summed E-state index contributed by atoms with van der Waals surface area (Å²) in [6, 6.07) is 16.1. The van der Waals surface area contributed by atoms with Crippen molar-refractivity contribution in [2.24, 2.45) is 0 Å². The number of nitrogens with zero attached hydrogens (tertiary/aromatic N) is 2. The van der Waals surface area contributed by atoms with E-state index in [4.69, 9.17) is 4.74 Å². The highest BCUT2D eigenvalue weighted by Gasteiger charge is 2.13. The average molecular weight is 390 g/mol. The molecular weight excluding hydrogens is 368 g/mol. The lowest BCUT2D eigenvalue weighted by Crippen LogP contribution is -2.16. The number of esters is 1. The quantitative estimate of drug-likeness (QED) is 0.615. The van der Waals surface area contributed by atoms with Crippen molar-refractivity contribution < 1.29 is 14.3 Å². The summed E-state index contributed by atoms with van der Waals surface area (Å²) < 4.78 is 4.74. The number of carbonyl (C=O) groups is 2. The molecule has 148 valence electrons. The number of nitrogens with one attached hydrogen (secondary N) is 2. The van der Waals surface area contributed by atoms with Crippen molar-refractivity contribution in [2.75, 3.05) is 17.7 Å². The van der Waals surface area contributed by atoms with Gasteiger partial charge in [-0.2, -0.15) is 0 Å². The van der Waals surface area contributed by atoms with Crippen LogP contribution in [-0.2, 0) is 11.2 Å². The Balaban J connectivity index is 1.83. The van der Waals surface area contributed by atoms with Crippen LogP contribution in [0.3, 0.4) is 0 Å². The van der Waals surface area contributed by atoms with Crippen molar-refractivity contribution in [3.63, 3.8) is 0 Å². The first-order chi connectivity index (χ1) is 14.0. The average Bonchev–Trinajstić information content (AvgIpc) is 2.73. The smallest absolute Gasteiger partial charge is 0.337 e. The number of rotatable bonds is 6. The van der Waals surface area contributed by atoms with Gasteiger partial charge in [-0.25, -0.2) is 14.8 Å². The first kappa shape index (κ1) is 20.0. The molecule has 0 saturated heterocycles. The zero-order valence-corrected chi connectivity index (χ0v) is 16.5. The van der Waals surface area contributed by atoms with Crippen LogP contribution in [0.1, 0.15) is 39.0 Å². The van der Waals surface area contributed by atoms with Crippen LogP contribution in [0, 0.1) is 6.92 Å². The SMILES string of the molecule is CCc1ccccc1NC(=O)c1cc(C)nc(Nc2cccc(C(=O)OC)c2)n1. The fourth-order valence-electron chi connectivity index (χ4n) is 2.85. The number of hydrogen-bond acceptors (Lipinski definition) is 6. The molecule has 3 rings (SSSR count). The molecule has 0 saturated carbocycles. The van der Waals surface area contributed by atoms with E-state index in [1.165, 1.54) is 7.11 Å². The van der Waals surface area contributed by atoms with Crippen molar-refractivity contribution in [3.8, 4) is 0 Å². The number of methoxy groups -OCH3 is 1. The zero-order valence-electron chi connectivity index (χ0n) is 16.5. The van der Waals surface area contributed by atoms with E-state index in [2.05, 4.69) is 20.6 Å². The van der Waals surface area contributed by atoms with Crippen molar-refractivity contribution in [3.05, 3.63) is 77.1 Å². The maximum absolute atomic E-state index is 12.7. The van der Waals surface area contributed by atoms with E-state index < -0.39 is 5.97 Å². The molecule has 0 aliphatic carbocycles. The maximum atomic E-state index is 12.7. The molecule has 0 spiro atoms. The number of aryl methyl sites for hydroxylation is 2. The molecule has 1 heterocycles. The number of aromatic nitrogens is 2. The highest BCUT2D eigenvalue weighted by Crippen LogP contribution is 2.19. The van der Waals surface area contributed by atoms with Gasteiger partial charge in [0.2, 0.25) is 5.95 Å². The molecule has 0 fully saturated rings. The second-order valence-corrected chi connectivity index (χ2v) is 6.38. The van der Waals surface area contributed by atoms with E-state index in [1.54, 1.807) is 37.3 Å². The van der Waals surface area contributed by atoms with E-state index in [0.29, 0.717) is 16.9 Å². The fourth-order valence-corrected chi connectivity index (χ4v) is 2.85. The van der Waals surface area contributed by atoms with Crippen LogP contribution in [0.4, 0.5) is 17.3 Å². The molecule has 7 nitrogen and oxygen atoms in total. The molecular formula is C22H22N4O3. The van der Waals surface area contributed by atoms with Crippen LogP contribution < -0.4 is 10.6 Å². The number of carbonyl (C=O) groups excluding carboxylic acids is 2. The summed E-state index contributed by atoms with van der Waals surface area (Å²) >= 11 is 0. The summed E-state index contributed by atoms with van der Waals surface area (Å²) in [4.78, 5) is 33.1. The van der Waals surface area contributed by atoms with E-state index in [1.807, 2.05) is 31.2 Å². The largest absolute Gasteiger partial charge is 0.465 e. The van der Waals surface area contributed by atoms with Crippen LogP contribution in [0.25, 0.3) is 0 Å². The fraction of sp³-hybridized carbons (Fsp3) is 0.182. The minimum atomic E-state index is -0.437. The van der Waals surface area contributed by atoms with Gasteiger partial charge in [0.05, 0.1) is 12.7 Å². The zero-order chi connectivity index (χ0) is 20.8. The normalized spacial score (nSPS) is 10.3. The first-order valence-corrected chi connectivity index (χ1v) is 9.20. The monoisotopic (exact) mass is 390 g/mol. The third kappa shape index (κ3) is 4.95. The minimum Gasteiger partial charge on any atom is -0.465 e. The first-order valence-electron chi connectivity index (χ1n) is 9.20. The lowest BCUT2D eigenvalue weighted by atomic mass is 10.1.